The number of likely N-dealkylation sites (tertiary alicyclic amines) is 1. The number of rotatable bonds is 2. The maximum atomic E-state index is 13.0. The van der Waals surface area contributed by atoms with Crippen molar-refractivity contribution in [1.29, 1.82) is 0 Å². The molecule has 1 amide bonds. The maximum Gasteiger partial charge on any atom is 0.227 e. The molecule has 4 heterocycles. The molecule has 1 atom stereocenters. The number of hydrogen-bond acceptors (Lipinski definition) is 5. The van der Waals surface area contributed by atoms with Crippen LogP contribution in [0.25, 0.3) is 5.65 Å². The normalized spacial score (nSPS) is 22.2. The summed E-state index contributed by atoms with van der Waals surface area (Å²) in [4.78, 5) is 17.3. The summed E-state index contributed by atoms with van der Waals surface area (Å²) in [5.74, 6) is 2.12. The molecule has 1 unspecified atom stereocenters. The van der Waals surface area contributed by atoms with Crippen LogP contribution in [0.4, 0.5) is 5.82 Å². The first-order valence-corrected chi connectivity index (χ1v) is 9.45. The molecule has 0 radical (unpaired) electrons. The fraction of sp³-hybridized carbons (Fsp3) is 0.667. The molecule has 7 nitrogen and oxygen atoms in total. The lowest BCUT2D eigenvalue weighted by atomic mass is 9.96. The van der Waals surface area contributed by atoms with Crippen molar-refractivity contribution in [2.45, 2.75) is 45.4 Å². The third-order valence-corrected chi connectivity index (χ3v) is 5.42. The van der Waals surface area contributed by atoms with Crippen molar-refractivity contribution in [2.75, 3.05) is 31.1 Å². The molecule has 134 valence electrons. The van der Waals surface area contributed by atoms with Crippen molar-refractivity contribution in [1.82, 2.24) is 24.7 Å². The minimum absolute atomic E-state index is 0.0892. The van der Waals surface area contributed by atoms with Crippen LogP contribution < -0.4 is 4.90 Å². The topological polar surface area (TPSA) is 66.6 Å². The molecule has 2 aromatic rings. The molecular weight excluding hydrogens is 316 g/mol. The van der Waals surface area contributed by atoms with Gasteiger partial charge in [-0.2, -0.15) is 4.52 Å². The molecule has 2 saturated heterocycles. The second-order valence-electron chi connectivity index (χ2n) is 7.23. The summed E-state index contributed by atoms with van der Waals surface area (Å²) in [6.07, 6.45) is 6.82. The molecule has 0 aromatic carbocycles. The van der Waals surface area contributed by atoms with Gasteiger partial charge in [-0.25, -0.2) is 0 Å². The number of amides is 1. The average Bonchev–Trinajstić information content (AvgIpc) is 2.86. The monoisotopic (exact) mass is 342 g/mol. The second-order valence-corrected chi connectivity index (χ2v) is 7.23. The Balaban J connectivity index is 1.49. The molecule has 0 aliphatic carbocycles. The highest BCUT2D eigenvalue weighted by Gasteiger charge is 2.30. The predicted octanol–water partition coefficient (Wildman–Crippen LogP) is 2.05. The first-order valence-electron chi connectivity index (χ1n) is 9.45. The lowest BCUT2D eigenvalue weighted by molar-refractivity contribution is -0.135. The van der Waals surface area contributed by atoms with Gasteiger partial charge in [-0.15, -0.1) is 15.3 Å². The Morgan fingerprint density at radius 1 is 1.04 bits per heavy atom. The van der Waals surface area contributed by atoms with Gasteiger partial charge in [0.15, 0.2) is 11.5 Å². The van der Waals surface area contributed by atoms with Crippen LogP contribution in [-0.2, 0) is 4.79 Å². The fourth-order valence-electron chi connectivity index (χ4n) is 3.99. The smallest absolute Gasteiger partial charge is 0.227 e. The van der Waals surface area contributed by atoms with E-state index in [1.165, 1.54) is 12.8 Å². The van der Waals surface area contributed by atoms with Gasteiger partial charge in [-0.3, -0.25) is 4.79 Å². The first kappa shape index (κ1) is 16.3. The van der Waals surface area contributed by atoms with Crippen LogP contribution in [0.15, 0.2) is 12.1 Å². The third kappa shape index (κ3) is 3.32. The Labute approximate surface area is 148 Å². The van der Waals surface area contributed by atoms with Crippen molar-refractivity contribution in [3.05, 3.63) is 18.0 Å². The molecule has 25 heavy (non-hydrogen) atoms. The zero-order valence-electron chi connectivity index (χ0n) is 14.9. The summed E-state index contributed by atoms with van der Waals surface area (Å²) in [7, 11) is 0. The lowest BCUT2D eigenvalue weighted by Crippen LogP contribution is -2.45. The number of carbonyl (C=O) groups is 1. The maximum absolute atomic E-state index is 13.0. The van der Waals surface area contributed by atoms with Gasteiger partial charge >= 0.3 is 0 Å². The molecule has 0 spiro atoms. The molecular formula is C18H26N6O. The van der Waals surface area contributed by atoms with E-state index in [0.717, 1.165) is 69.2 Å². The molecule has 2 fully saturated rings. The number of aromatic nitrogens is 4. The largest absolute Gasteiger partial charge is 0.354 e. The van der Waals surface area contributed by atoms with Gasteiger partial charge < -0.3 is 9.80 Å². The number of carbonyl (C=O) groups excluding carboxylic acids is 1. The van der Waals surface area contributed by atoms with Gasteiger partial charge in [0.25, 0.3) is 0 Å². The van der Waals surface area contributed by atoms with Crippen LogP contribution in [0.2, 0.25) is 0 Å². The van der Waals surface area contributed by atoms with E-state index in [4.69, 9.17) is 0 Å². The van der Waals surface area contributed by atoms with E-state index in [0.29, 0.717) is 5.91 Å². The molecule has 2 aromatic heterocycles. The summed E-state index contributed by atoms with van der Waals surface area (Å²) >= 11 is 0. The molecule has 2 aliphatic heterocycles. The highest BCUT2D eigenvalue weighted by molar-refractivity contribution is 5.79. The quantitative estimate of drug-likeness (QED) is 0.836. The van der Waals surface area contributed by atoms with E-state index in [2.05, 4.69) is 25.1 Å². The summed E-state index contributed by atoms with van der Waals surface area (Å²) in [5, 5.41) is 12.8. The summed E-state index contributed by atoms with van der Waals surface area (Å²) in [6, 6.07) is 3.94. The first-order chi connectivity index (χ1) is 12.2. The minimum Gasteiger partial charge on any atom is -0.354 e. The number of nitrogens with zero attached hydrogens (tertiary/aromatic N) is 6. The van der Waals surface area contributed by atoms with Gasteiger partial charge in [0, 0.05) is 26.2 Å². The minimum atomic E-state index is 0.0892. The number of aryl methyl sites for hydroxylation is 1. The van der Waals surface area contributed by atoms with E-state index in [1.807, 2.05) is 19.1 Å². The summed E-state index contributed by atoms with van der Waals surface area (Å²) in [5.41, 5.74) is 0.760. The van der Waals surface area contributed by atoms with Crippen LogP contribution in [-0.4, -0.2) is 56.8 Å². The number of piperidine rings is 1. The van der Waals surface area contributed by atoms with Crippen LogP contribution in [0.3, 0.4) is 0 Å². The number of anilines is 1. The number of fused-ring (bicyclic) bond motifs is 1. The Morgan fingerprint density at radius 2 is 1.84 bits per heavy atom. The Bertz CT molecular complexity index is 749. The average molecular weight is 342 g/mol. The lowest BCUT2D eigenvalue weighted by Gasteiger charge is -2.35. The van der Waals surface area contributed by atoms with Gasteiger partial charge in [-0.05, 0) is 44.7 Å². The molecule has 4 rings (SSSR count). The van der Waals surface area contributed by atoms with Crippen molar-refractivity contribution in [3.63, 3.8) is 0 Å². The molecule has 7 heteroatoms. The van der Waals surface area contributed by atoms with Crippen molar-refractivity contribution >= 4 is 17.4 Å². The predicted molar refractivity (Wildman–Crippen MR) is 95.5 cm³/mol. The molecule has 0 bridgehead atoms. The SMILES string of the molecule is Cc1nnc2ccc(N3CCCC(C(=O)N4CCCCCC4)C3)nn12. The molecule has 0 saturated carbocycles. The van der Waals surface area contributed by atoms with E-state index in [9.17, 15) is 4.79 Å². The van der Waals surface area contributed by atoms with Gasteiger partial charge in [0.05, 0.1) is 5.92 Å². The van der Waals surface area contributed by atoms with Gasteiger partial charge in [0.2, 0.25) is 5.91 Å². The summed E-state index contributed by atoms with van der Waals surface area (Å²) in [6.45, 7) is 5.47. The zero-order valence-corrected chi connectivity index (χ0v) is 14.9. The fourth-order valence-corrected chi connectivity index (χ4v) is 3.99. The van der Waals surface area contributed by atoms with Crippen LogP contribution in [0.5, 0.6) is 0 Å². The van der Waals surface area contributed by atoms with Crippen LogP contribution >= 0.6 is 0 Å². The van der Waals surface area contributed by atoms with E-state index < -0.39 is 0 Å². The van der Waals surface area contributed by atoms with E-state index in [-0.39, 0.29) is 5.92 Å². The summed E-state index contributed by atoms with van der Waals surface area (Å²) < 4.78 is 1.77. The molecule has 2 aliphatic rings. The highest BCUT2D eigenvalue weighted by atomic mass is 16.2. The van der Waals surface area contributed by atoms with Crippen LogP contribution in [0.1, 0.15) is 44.3 Å². The number of hydrogen-bond donors (Lipinski definition) is 0. The van der Waals surface area contributed by atoms with E-state index in [1.54, 1.807) is 4.52 Å². The van der Waals surface area contributed by atoms with Gasteiger partial charge in [0.1, 0.15) is 5.82 Å². The van der Waals surface area contributed by atoms with Crippen molar-refractivity contribution in [2.24, 2.45) is 5.92 Å². The van der Waals surface area contributed by atoms with Crippen molar-refractivity contribution < 1.29 is 4.79 Å². The Kier molecular flexibility index (Phi) is 4.55. The third-order valence-electron chi connectivity index (χ3n) is 5.42. The Hall–Kier alpha value is -2.18. The second kappa shape index (κ2) is 6.98. The van der Waals surface area contributed by atoms with Crippen LogP contribution in [0, 0.1) is 12.8 Å². The van der Waals surface area contributed by atoms with Crippen molar-refractivity contribution in [3.8, 4) is 0 Å². The molecule has 0 N–H and O–H groups in total. The highest BCUT2D eigenvalue weighted by Crippen LogP contribution is 2.24. The van der Waals surface area contributed by atoms with Gasteiger partial charge in [-0.1, -0.05) is 12.8 Å². The van der Waals surface area contributed by atoms with E-state index >= 15 is 0 Å². The Morgan fingerprint density at radius 3 is 2.64 bits per heavy atom. The standard InChI is InChI=1S/C18H26N6O/c1-14-19-20-16-8-9-17(21-24(14)16)23-12-6-7-15(13-23)18(25)22-10-4-2-3-5-11-22/h8-9,15H,2-7,10-13H2,1H3. The zero-order chi connectivity index (χ0) is 17.2.